The highest BCUT2D eigenvalue weighted by Crippen LogP contribution is 2.63. The SMILES string of the molecule is C/C=C(\Br)[C@@]12O[C@]1(Cl)C(=O)C=C(OC)[C@@H]2O. The zero-order valence-corrected chi connectivity index (χ0v) is 11.0. The number of fused-ring (bicyclic) bond motifs is 1. The third-order valence-electron chi connectivity index (χ3n) is 2.83. The van der Waals surface area contributed by atoms with Crippen LogP contribution in [0, 0.1) is 0 Å². The second kappa shape index (κ2) is 3.57. The van der Waals surface area contributed by atoms with Crippen molar-refractivity contribution in [3.8, 4) is 0 Å². The fourth-order valence-electron chi connectivity index (χ4n) is 1.88. The zero-order valence-electron chi connectivity index (χ0n) is 8.66. The maximum absolute atomic E-state index is 11.7. The molecule has 16 heavy (non-hydrogen) atoms. The summed E-state index contributed by atoms with van der Waals surface area (Å²) >= 11 is 9.29. The van der Waals surface area contributed by atoms with Gasteiger partial charge in [0.25, 0.3) is 0 Å². The second-order valence-electron chi connectivity index (χ2n) is 3.59. The van der Waals surface area contributed by atoms with Crippen molar-refractivity contribution in [2.75, 3.05) is 7.11 Å². The van der Waals surface area contributed by atoms with E-state index in [9.17, 15) is 9.90 Å². The van der Waals surface area contributed by atoms with Crippen LogP contribution in [0.5, 0.6) is 0 Å². The molecular formula is C10H10BrClO4. The van der Waals surface area contributed by atoms with Crippen LogP contribution in [0.4, 0.5) is 0 Å². The number of carbonyl (C=O) groups excluding carboxylic acids is 1. The van der Waals surface area contributed by atoms with Crippen LogP contribution in [-0.4, -0.2) is 34.8 Å². The number of methoxy groups -OCH3 is 1. The zero-order chi connectivity index (χ0) is 12.1. The number of rotatable bonds is 2. The van der Waals surface area contributed by atoms with E-state index < -0.39 is 22.5 Å². The van der Waals surface area contributed by atoms with E-state index in [2.05, 4.69) is 15.9 Å². The molecule has 1 heterocycles. The summed E-state index contributed by atoms with van der Waals surface area (Å²) in [6, 6.07) is 0. The van der Waals surface area contributed by atoms with Crippen LogP contribution in [0.2, 0.25) is 0 Å². The summed E-state index contributed by atoms with van der Waals surface area (Å²) in [4.78, 5) is 11.7. The molecule has 1 saturated heterocycles. The van der Waals surface area contributed by atoms with E-state index in [4.69, 9.17) is 21.1 Å². The molecule has 1 aliphatic carbocycles. The summed E-state index contributed by atoms with van der Waals surface area (Å²) < 4.78 is 10.7. The maximum atomic E-state index is 11.7. The van der Waals surface area contributed by atoms with Crippen LogP contribution < -0.4 is 0 Å². The summed E-state index contributed by atoms with van der Waals surface area (Å²) in [5.74, 6) is -0.271. The number of epoxide rings is 1. The van der Waals surface area contributed by atoms with Gasteiger partial charge in [-0.25, -0.2) is 0 Å². The highest BCUT2D eigenvalue weighted by atomic mass is 79.9. The lowest BCUT2D eigenvalue weighted by atomic mass is 9.88. The predicted molar refractivity (Wildman–Crippen MR) is 61.2 cm³/mol. The van der Waals surface area contributed by atoms with Crippen molar-refractivity contribution in [2.45, 2.75) is 23.7 Å². The number of halogens is 2. The Morgan fingerprint density at radius 1 is 1.81 bits per heavy atom. The molecule has 2 rings (SSSR count). The normalized spacial score (nSPS) is 42.6. The van der Waals surface area contributed by atoms with E-state index in [1.165, 1.54) is 13.2 Å². The number of alkyl halides is 1. The van der Waals surface area contributed by atoms with Gasteiger partial charge in [0.05, 0.1) is 7.11 Å². The third kappa shape index (κ3) is 1.20. The number of carbonyl (C=O) groups is 1. The highest BCUT2D eigenvalue weighted by Gasteiger charge is 2.81. The van der Waals surface area contributed by atoms with E-state index in [0.29, 0.717) is 4.48 Å². The van der Waals surface area contributed by atoms with Gasteiger partial charge >= 0.3 is 0 Å². The summed E-state index contributed by atoms with van der Waals surface area (Å²) in [6.07, 6.45) is 1.75. The molecule has 0 radical (unpaired) electrons. The fourth-order valence-corrected chi connectivity index (χ4v) is 2.95. The molecule has 6 heteroatoms. The summed E-state index contributed by atoms with van der Waals surface area (Å²) in [7, 11) is 1.38. The minimum absolute atomic E-state index is 0.151. The van der Waals surface area contributed by atoms with Crippen molar-refractivity contribution in [1.82, 2.24) is 0 Å². The van der Waals surface area contributed by atoms with Gasteiger partial charge < -0.3 is 14.6 Å². The van der Waals surface area contributed by atoms with Crippen LogP contribution in [0.3, 0.4) is 0 Å². The monoisotopic (exact) mass is 308 g/mol. The lowest BCUT2D eigenvalue weighted by Crippen LogP contribution is -2.44. The van der Waals surface area contributed by atoms with Crippen LogP contribution in [0.15, 0.2) is 22.4 Å². The van der Waals surface area contributed by atoms with Gasteiger partial charge in [-0.3, -0.25) is 4.79 Å². The lowest BCUT2D eigenvalue weighted by Gasteiger charge is -2.25. The Kier molecular flexibility index (Phi) is 2.70. The smallest absolute Gasteiger partial charge is 0.242 e. The number of allylic oxidation sites excluding steroid dienone is 1. The van der Waals surface area contributed by atoms with Crippen molar-refractivity contribution >= 4 is 33.3 Å². The molecule has 1 aliphatic heterocycles. The second-order valence-corrected chi connectivity index (χ2v) is 4.97. The first kappa shape index (κ1) is 12.1. The molecule has 0 aromatic carbocycles. The van der Waals surface area contributed by atoms with Crippen LogP contribution in [0.1, 0.15) is 6.92 Å². The summed E-state index contributed by atoms with van der Waals surface area (Å²) in [5.41, 5.74) is -1.25. The average Bonchev–Trinajstić information content (AvgIpc) is 2.93. The molecule has 4 nitrogen and oxygen atoms in total. The quantitative estimate of drug-likeness (QED) is 0.620. The number of hydrogen-bond donors (Lipinski definition) is 1. The van der Waals surface area contributed by atoms with Gasteiger partial charge in [-0.05, 0) is 6.92 Å². The number of hydrogen-bond acceptors (Lipinski definition) is 4. The first-order valence-corrected chi connectivity index (χ1v) is 5.80. The standard InChI is InChI=1S/C10H10BrClO4/c1-3-6(11)9-8(14)5(15-2)4-7(13)10(9,12)16-9/h3-4,8,14H,1-2H3/b6-3-/t8-,9-,10+/m0/s1. The van der Waals surface area contributed by atoms with Crippen molar-refractivity contribution in [3.63, 3.8) is 0 Å². The molecule has 0 spiro atoms. The molecule has 88 valence electrons. The van der Waals surface area contributed by atoms with Gasteiger partial charge in [0.1, 0.15) is 11.9 Å². The largest absolute Gasteiger partial charge is 0.498 e. The van der Waals surface area contributed by atoms with Crippen molar-refractivity contribution in [3.05, 3.63) is 22.4 Å². The number of aliphatic hydroxyl groups excluding tert-OH is 1. The Balaban J connectivity index is 2.51. The molecule has 0 saturated carbocycles. The summed E-state index contributed by atoms with van der Waals surface area (Å²) in [6.45, 7) is 1.75. The van der Waals surface area contributed by atoms with E-state index >= 15 is 0 Å². The highest BCUT2D eigenvalue weighted by molar-refractivity contribution is 9.11. The Hall–Kier alpha value is -0.360. The molecule has 0 amide bonds. The molecule has 0 bridgehead atoms. The molecule has 1 N–H and O–H groups in total. The first-order chi connectivity index (χ1) is 7.44. The minimum atomic E-state index is -1.51. The molecular weight excluding hydrogens is 299 g/mol. The maximum Gasteiger partial charge on any atom is 0.242 e. The molecule has 0 aromatic heterocycles. The number of ether oxygens (including phenoxy) is 2. The van der Waals surface area contributed by atoms with Gasteiger partial charge in [0.2, 0.25) is 10.8 Å². The Morgan fingerprint density at radius 3 is 2.94 bits per heavy atom. The van der Waals surface area contributed by atoms with E-state index in [0.717, 1.165) is 0 Å². The summed E-state index contributed by atoms with van der Waals surface area (Å²) in [5, 5.41) is 8.57. The number of ketones is 1. The topological polar surface area (TPSA) is 59.1 Å². The Morgan fingerprint density at radius 2 is 2.44 bits per heavy atom. The predicted octanol–water partition coefficient (Wildman–Crippen LogP) is 1.46. The molecule has 1 fully saturated rings. The fraction of sp³-hybridized carbons (Fsp3) is 0.500. The van der Waals surface area contributed by atoms with Gasteiger partial charge in [-0.1, -0.05) is 33.6 Å². The van der Waals surface area contributed by atoms with E-state index in [-0.39, 0.29) is 5.76 Å². The number of aliphatic hydroxyl groups is 1. The van der Waals surface area contributed by atoms with Gasteiger partial charge in [0, 0.05) is 10.6 Å². The van der Waals surface area contributed by atoms with Gasteiger partial charge in [-0.15, -0.1) is 0 Å². The van der Waals surface area contributed by atoms with E-state index in [1.54, 1.807) is 13.0 Å². The van der Waals surface area contributed by atoms with Crippen LogP contribution >= 0.6 is 27.5 Å². The van der Waals surface area contributed by atoms with E-state index in [1.807, 2.05) is 0 Å². The third-order valence-corrected chi connectivity index (χ3v) is 4.42. The molecule has 2 aliphatic rings. The Bertz CT molecular complexity index is 419. The van der Waals surface area contributed by atoms with Crippen molar-refractivity contribution in [1.29, 1.82) is 0 Å². The van der Waals surface area contributed by atoms with Crippen LogP contribution in [-0.2, 0) is 14.3 Å². The average molecular weight is 310 g/mol. The lowest BCUT2D eigenvalue weighted by molar-refractivity contribution is -0.117. The van der Waals surface area contributed by atoms with Gasteiger partial charge in [0.15, 0.2) is 5.60 Å². The molecule has 0 aromatic rings. The van der Waals surface area contributed by atoms with Crippen molar-refractivity contribution in [2.24, 2.45) is 0 Å². The van der Waals surface area contributed by atoms with Gasteiger partial charge in [-0.2, -0.15) is 0 Å². The van der Waals surface area contributed by atoms with Crippen LogP contribution in [0.25, 0.3) is 0 Å². The molecule has 3 atom stereocenters. The molecule has 0 unspecified atom stereocenters. The van der Waals surface area contributed by atoms with Crippen molar-refractivity contribution < 1.29 is 19.4 Å². The first-order valence-electron chi connectivity index (χ1n) is 4.63. The Labute approximate surface area is 106 Å². The minimum Gasteiger partial charge on any atom is -0.498 e.